The Morgan fingerprint density at radius 1 is 0.923 bits per heavy atom. The third kappa shape index (κ3) is 8.25. The van der Waals surface area contributed by atoms with Crippen LogP contribution in [0.25, 0.3) is 0 Å². The maximum absolute atomic E-state index is 12.1. The summed E-state index contributed by atoms with van der Waals surface area (Å²) in [7, 11) is 1.90. The molecule has 0 saturated heterocycles. The molecule has 1 N–H and O–H groups in total. The second-order valence-electron chi connectivity index (χ2n) is 6.06. The van der Waals surface area contributed by atoms with Crippen molar-refractivity contribution in [3.05, 3.63) is 71.8 Å². The normalized spacial score (nSPS) is 10.8. The first kappa shape index (κ1) is 20.1. The highest BCUT2D eigenvalue weighted by molar-refractivity contribution is 5.71. The van der Waals surface area contributed by atoms with E-state index in [2.05, 4.69) is 10.2 Å². The summed E-state index contributed by atoms with van der Waals surface area (Å²) in [6, 6.07) is 19.8. The number of rotatable bonds is 12. The zero-order valence-corrected chi connectivity index (χ0v) is 15.4. The lowest BCUT2D eigenvalue weighted by Crippen LogP contribution is -2.38. The summed E-state index contributed by atoms with van der Waals surface area (Å²) in [5.41, 5.74) is 2.14. The van der Waals surface area contributed by atoms with Crippen LogP contribution in [-0.2, 0) is 27.5 Å². The molecule has 2 aromatic carbocycles. The van der Waals surface area contributed by atoms with Gasteiger partial charge in [-0.05, 0) is 18.2 Å². The number of hydrogen-bond donors (Lipinski definition) is 1. The van der Waals surface area contributed by atoms with E-state index in [0.29, 0.717) is 26.4 Å². The molecule has 2 aromatic rings. The number of nitrogens with zero attached hydrogens (tertiary/aromatic N) is 1. The topological polar surface area (TPSA) is 50.8 Å². The molecule has 0 amide bonds. The lowest BCUT2D eigenvalue weighted by Gasteiger charge is -2.21. The Balaban J connectivity index is 1.70. The van der Waals surface area contributed by atoms with Crippen LogP contribution in [0.5, 0.6) is 0 Å². The Morgan fingerprint density at radius 3 is 2.15 bits per heavy atom. The van der Waals surface area contributed by atoms with Gasteiger partial charge in [0.2, 0.25) is 0 Å². The second-order valence-corrected chi connectivity index (χ2v) is 6.06. The largest absolute Gasteiger partial charge is 0.460 e. The van der Waals surface area contributed by atoms with Crippen LogP contribution in [-0.4, -0.2) is 50.7 Å². The van der Waals surface area contributed by atoms with Crippen LogP contribution in [0.1, 0.15) is 11.1 Å². The molecule has 5 nitrogen and oxygen atoms in total. The third-order valence-corrected chi connectivity index (χ3v) is 3.94. The second kappa shape index (κ2) is 12.2. The first-order chi connectivity index (χ1) is 12.8. The molecule has 2 rings (SSSR count). The fourth-order valence-electron chi connectivity index (χ4n) is 2.46. The van der Waals surface area contributed by atoms with Gasteiger partial charge in [0.25, 0.3) is 0 Å². The molecule has 0 heterocycles. The quantitative estimate of drug-likeness (QED) is 0.468. The Hall–Kier alpha value is -2.21. The van der Waals surface area contributed by atoms with E-state index in [9.17, 15) is 4.79 Å². The third-order valence-electron chi connectivity index (χ3n) is 3.94. The predicted octanol–water partition coefficient (Wildman–Crippen LogP) is 2.47. The number of carbonyl (C=O) groups excluding carboxylic acids is 1. The van der Waals surface area contributed by atoms with E-state index in [-0.39, 0.29) is 12.5 Å². The molecule has 0 saturated carbocycles. The fraction of sp³-hybridized carbons (Fsp3) is 0.381. The first-order valence-electron chi connectivity index (χ1n) is 8.96. The van der Waals surface area contributed by atoms with Crippen molar-refractivity contribution < 1.29 is 14.3 Å². The lowest BCUT2D eigenvalue weighted by atomic mass is 10.2. The standard InChI is InChI=1S/C21H28N2O3/c1-22-12-13-23(14-15-25-17-19-8-4-2-5-9-19)16-21(24)26-18-20-10-6-3-7-11-20/h2-11,22H,12-18H2,1H3. The molecule has 0 radical (unpaired) electrons. The summed E-state index contributed by atoms with van der Waals surface area (Å²) in [4.78, 5) is 14.2. The van der Waals surface area contributed by atoms with Gasteiger partial charge in [0.15, 0.2) is 0 Å². The number of nitrogens with one attached hydrogen (secondary N) is 1. The highest BCUT2D eigenvalue weighted by atomic mass is 16.5. The van der Waals surface area contributed by atoms with Gasteiger partial charge in [0.05, 0.1) is 19.8 Å². The average Bonchev–Trinajstić information content (AvgIpc) is 2.69. The van der Waals surface area contributed by atoms with Crippen molar-refractivity contribution in [3.63, 3.8) is 0 Å². The summed E-state index contributed by atoms with van der Waals surface area (Å²) in [6.45, 7) is 4.00. The number of ether oxygens (including phenoxy) is 2. The molecular weight excluding hydrogens is 328 g/mol. The van der Waals surface area contributed by atoms with Crippen molar-refractivity contribution in [1.82, 2.24) is 10.2 Å². The van der Waals surface area contributed by atoms with Crippen LogP contribution in [0, 0.1) is 0 Å². The molecule has 5 heteroatoms. The summed E-state index contributed by atoms with van der Waals surface area (Å²) in [5.74, 6) is -0.215. The zero-order valence-electron chi connectivity index (χ0n) is 15.4. The molecule has 0 aliphatic heterocycles. The molecule has 0 fully saturated rings. The molecular formula is C21H28N2O3. The summed E-state index contributed by atoms with van der Waals surface area (Å²) >= 11 is 0. The number of benzene rings is 2. The van der Waals surface area contributed by atoms with Crippen molar-refractivity contribution in [2.24, 2.45) is 0 Å². The molecule has 0 spiro atoms. The highest BCUT2D eigenvalue weighted by Gasteiger charge is 2.11. The van der Waals surface area contributed by atoms with Gasteiger partial charge in [-0.25, -0.2) is 0 Å². The van der Waals surface area contributed by atoms with E-state index in [1.807, 2.05) is 67.7 Å². The van der Waals surface area contributed by atoms with Crippen LogP contribution in [0.4, 0.5) is 0 Å². The zero-order chi connectivity index (χ0) is 18.5. The van der Waals surface area contributed by atoms with E-state index in [4.69, 9.17) is 9.47 Å². The van der Waals surface area contributed by atoms with Gasteiger partial charge in [-0.15, -0.1) is 0 Å². The highest BCUT2D eigenvalue weighted by Crippen LogP contribution is 2.03. The van der Waals surface area contributed by atoms with Crippen molar-refractivity contribution in [1.29, 1.82) is 0 Å². The molecule has 140 valence electrons. The van der Waals surface area contributed by atoms with E-state index >= 15 is 0 Å². The minimum atomic E-state index is -0.215. The van der Waals surface area contributed by atoms with Gasteiger partial charge in [-0.3, -0.25) is 9.69 Å². The van der Waals surface area contributed by atoms with E-state index in [1.54, 1.807) is 0 Å². The van der Waals surface area contributed by atoms with Gasteiger partial charge < -0.3 is 14.8 Å². The number of hydrogen-bond acceptors (Lipinski definition) is 5. The van der Waals surface area contributed by atoms with Gasteiger partial charge in [0.1, 0.15) is 6.61 Å². The van der Waals surface area contributed by atoms with Crippen LogP contribution in [0.3, 0.4) is 0 Å². The van der Waals surface area contributed by atoms with Gasteiger partial charge in [-0.2, -0.15) is 0 Å². The molecule has 0 aromatic heterocycles. The van der Waals surface area contributed by atoms with Gasteiger partial charge in [-0.1, -0.05) is 60.7 Å². The monoisotopic (exact) mass is 356 g/mol. The number of carbonyl (C=O) groups is 1. The SMILES string of the molecule is CNCCN(CCOCc1ccccc1)CC(=O)OCc1ccccc1. The van der Waals surface area contributed by atoms with Crippen LogP contribution >= 0.6 is 0 Å². The van der Waals surface area contributed by atoms with E-state index in [0.717, 1.165) is 24.2 Å². The predicted molar refractivity (Wildman–Crippen MR) is 103 cm³/mol. The number of likely N-dealkylation sites (N-methyl/N-ethyl adjacent to an activating group) is 1. The smallest absolute Gasteiger partial charge is 0.320 e. The Bertz CT molecular complexity index is 620. The minimum absolute atomic E-state index is 0.215. The molecule has 0 aliphatic carbocycles. The molecule has 26 heavy (non-hydrogen) atoms. The maximum atomic E-state index is 12.1. The van der Waals surface area contributed by atoms with Crippen LogP contribution in [0.15, 0.2) is 60.7 Å². The Labute approximate surface area is 155 Å². The van der Waals surface area contributed by atoms with Gasteiger partial charge in [0, 0.05) is 19.6 Å². The lowest BCUT2D eigenvalue weighted by molar-refractivity contribution is -0.146. The first-order valence-corrected chi connectivity index (χ1v) is 8.96. The fourth-order valence-corrected chi connectivity index (χ4v) is 2.46. The van der Waals surface area contributed by atoms with Crippen LogP contribution in [0.2, 0.25) is 0 Å². The van der Waals surface area contributed by atoms with Crippen molar-refractivity contribution in [2.45, 2.75) is 13.2 Å². The van der Waals surface area contributed by atoms with Crippen molar-refractivity contribution in [3.8, 4) is 0 Å². The molecule has 0 atom stereocenters. The summed E-state index contributed by atoms with van der Waals surface area (Å²) in [6.07, 6.45) is 0. The summed E-state index contributed by atoms with van der Waals surface area (Å²) in [5, 5.41) is 3.11. The average molecular weight is 356 g/mol. The molecule has 0 unspecified atom stereocenters. The summed E-state index contributed by atoms with van der Waals surface area (Å²) < 4.78 is 11.1. The van der Waals surface area contributed by atoms with Crippen molar-refractivity contribution >= 4 is 5.97 Å². The molecule has 0 bridgehead atoms. The van der Waals surface area contributed by atoms with E-state index < -0.39 is 0 Å². The van der Waals surface area contributed by atoms with Crippen molar-refractivity contribution in [2.75, 3.05) is 39.8 Å². The number of esters is 1. The molecule has 0 aliphatic rings. The van der Waals surface area contributed by atoms with Gasteiger partial charge >= 0.3 is 5.97 Å². The Morgan fingerprint density at radius 2 is 1.54 bits per heavy atom. The Kier molecular flexibility index (Phi) is 9.43. The van der Waals surface area contributed by atoms with Crippen LogP contribution < -0.4 is 5.32 Å². The minimum Gasteiger partial charge on any atom is -0.460 e. The van der Waals surface area contributed by atoms with E-state index in [1.165, 1.54) is 0 Å². The maximum Gasteiger partial charge on any atom is 0.320 e.